The topological polar surface area (TPSA) is 110 Å². The van der Waals surface area contributed by atoms with E-state index in [2.05, 4.69) is 15.0 Å². The first-order chi connectivity index (χ1) is 16.0. The van der Waals surface area contributed by atoms with Crippen molar-refractivity contribution in [1.82, 2.24) is 10.3 Å². The smallest absolute Gasteiger partial charge is 0.329 e. The first-order valence-corrected chi connectivity index (χ1v) is 10.8. The predicted octanol–water partition coefficient (Wildman–Crippen LogP) is 2.25. The molecule has 1 aromatic heterocycles. The summed E-state index contributed by atoms with van der Waals surface area (Å²) < 4.78 is 42.4. The molecule has 178 valence electrons. The average Bonchev–Trinajstić information content (AvgIpc) is 3.52. The molecule has 32 heavy (non-hydrogen) atoms. The number of methoxy groups -OCH3 is 1. The number of ether oxygens (including phenoxy) is 3. The summed E-state index contributed by atoms with van der Waals surface area (Å²) in [5, 5.41) is 12.2. The van der Waals surface area contributed by atoms with Gasteiger partial charge in [0.25, 0.3) is 5.91 Å². The number of hydrogen-bond donors (Lipinski definition) is 2. The second kappa shape index (κ2) is 10.4. The zero-order chi connectivity index (χ0) is 25.1. The summed E-state index contributed by atoms with van der Waals surface area (Å²) in [5.74, 6) is -1.44. The average molecular weight is 456 g/mol. The summed E-state index contributed by atoms with van der Waals surface area (Å²) in [5.41, 5.74) is -0.658. The van der Waals surface area contributed by atoms with Crippen LogP contribution in [-0.4, -0.2) is 73.8 Å². The van der Waals surface area contributed by atoms with Crippen molar-refractivity contribution in [3.8, 4) is 5.88 Å². The number of rotatable bonds is 13. The van der Waals surface area contributed by atoms with Crippen molar-refractivity contribution < 1.29 is 36.0 Å². The number of alkyl halides is 1. The number of carbonyl (C=O) groups excluding carboxylic acids is 1. The zero-order valence-electron chi connectivity index (χ0n) is 20.6. The van der Waals surface area contributed by atoms with E-state index < -0.39 is 24.2 Å². The molecule has 1 amide bonds. The van der Waals surface area contributed by atoms with E-state index in [0.29, 0.717) is 25.2 Å². The third-order valence-electron chi connectivity index (χ3n) is 6.42. The number of anilines is 1. The highest BCUT2D eigenvalue weighted by Gasteiger charge is 2.39. The molecule has 2 aliphatic rings. The quantitative estimate of drug-likeness (QED) is 0.466. The number of nitrogens with zero attached hydrogens (tertiary/aromatic N) is 2. The third-order valence-corrected chi connectivity index (χ3v) is 6.42. The molecule has 1 aromatic rings. The van der Waals surface area contributed by atoms with E-state index in [1.165, 1.54) is 6.07 Å². The van der Waals surface area contributed by atoms with Gasteiger partial charge in [0.2, 0.25) is 5.88 Å². The van der Waals surface area contributed by atoms with Gasteiger partial charge >= 0.3 is 5.97 Å². The molecule has 0 bridgehead atoms. The molecule has 9 nitrogen and oxygen atoms in total. The van der Waals surface area contributed by atoms with Gasteiger partial charge in [-0.2, -0.15) is 0 Å². The highest BCUT2D eigenvalue weighted by Crippen LogP contribution is 2.40. The van der Waals surface area contributed by atoms with Gasteiger partial charge in [-0.15, -0.1) is 0 Å². The van der Waals surface area contributed by atoms with Crippen LogP contribution in [0.25, 0.3) is 0 Å². The van der Waals surface area contributed by atoms with Crippen LogP contribution < -0.4 is 15.0 Å². The molecule has 2 fully saturated rings. The number of nitrogens with one attached hydrogen (secondary N) is 1. The summed E-state index contributed by atoms with van der Waals surface area (Å²) in [7, 11) is 1.64. The van der Waals surface area contributed by atoms with Crippen molar-refractivity contribution in [2.45, 2.75) is 44.8 Å². The third kappa shape index (κ3) is 5.29. The standard InChI is InChI=1S/C22H32FN3O6/c1-4-22(5-2,21(28)29)25-19(27)17-6-7-18(26-9-16(10-26)30-3)20(24-17)32-12-15-8-14(15)11-31-13-23/h6-7,14-16H,4-5,8-13H2,1-3H3,(H,25,27)(H,28,29)/t14-,15-/m0/s1/i13D2. The van der Waals surface area contributed by atoms with Crippen molar-refractivity contribution in [2.75, 3.05) is 45.1 Å². The first kappa shape index (κ1) is 21.4. The fraction of sp³-hybridized carbons (Fsp3) is 0.682. The minimum atomic E-state index is -3.16. The lowest BCUT2D eigenvalue weighted by molar-refractivity contribution is -0.144. The predicted molar refractivity (Wildman–Crippen MR) is 115 cm³/mol. The number of carboxylic acids is 1. The van der Waals surface area contributed by atoms with Gasteiger partial charge in [0.15, 0.2) is 6.81 Å². The number of aliphatic carboxylic acids is 1. The van der Waals surface area contributed by atoms with Crippen LogP contribution in [-0.2, 0) is 14.3 Å². The molecule has 3 rings (SSSR count). The maximum Gasteiger partial charge on any atom is 0.329 e. The number of carbonyl (C=O) groups is 2. The SMILES string of the molecule is [2H]C([2H])(F)OC[C@@H]1C[C@H]1COc1nc(C(=O)NC(CC)(CC)C(=O)O)ccc1N1CC(OC)C1. The lowest BCUT2D eigenvalue weighted by atomic mass is 9.92. The monoisotopic (exact) mass is 455 g/mol. The highest BCUT2D eigenvalue weighted by atomic mass is 19.1. The molecule has 1 saturated carbocycles. The molecule has 1 aliphatic heterocycles. The van der Waals surface area contributed by atoms with Crippen LogP contribution in [0.15, 0.2) is 12.1 Å². The summed E-state index contributed by atoms with van der Waals surface area (Å²) in [6, 6.07) is 3.25. The summed E-state index contributed by atoms with van der Waals surface area (Å²) in [4.78, 5) is 31.0. The van der Waals surface area contributed by atoms with Crippen LogP contribution in [0.1, 0.15) is 46.3 Å². The largest absolute Gasteiger partial charge is 0.480 e. The Kier molecular flexibility index (Phi) is 6.98. The molecular formula is C22H32FN3O6. The highest BCUT2D eigenvalue weighted by molar-refractivity contribution is 5.96. The van der Waals surface area contributed by atoms with Crippen molar-refractivity contribution in [3.63, 3.8) is 0 Å². The van der Waals surface area contributed by atoms with Gasteiger partial charge < -0.3 is 29.5 Å². The van der Waals surface area contributed by atoms with E-state index >= 15 is 0 Å². The molecule has 2 N–H and O–H groups in total. The van der Waals surface area contributed by atoms with Gasteiger partial charge in [-0.05, 0) is 43.2 Å². The van der Waals surface area contributed by atoms with E-state index in [0.717, 1.165) is 0 Å². The Labute approximate surface area is 190 Å². The Bertz CT molecular complexity index is 890. The molecule has 1 aliphatic carbocycles. The lowest BCUT2D eigenvalue weighted by Gasteiger charge is -2.40. The van der Waals surface area contributed by atoms with Gasteiger partial charge in [-0.1, -0.05) is 13.8 Å². The Morgan fingerprint density at radius 1 is 1.31 bits per heavy atom. The Balaban J connectivity index is 1.72. The lowest BCUT2D eigenvalue weighted by Crippen LogP contribution is -2.54. The number of hydrogen-bond acceptors (Lipinski definition) is 7. The number of halogens is 1. The second-order valence-electron chi connectivity index (χ2n) is 8.29. The molecular weight excluding hydrogens is 421 g/mol. The van der Waals surface area contributed by atoms with Crippen LogP contribution >= 0.6 is 0 Å². The molecule has 0 aromatic carbocycles. The van der Waals surface area contributed by atoms with Crippen molar-refractivity contribution >= 4 is 17.6 Å². The molecule has 10 heteroatoms. The van der Waals surface area contributed by atoms with Crippen LogP contribution in [0.3, 0.4) is 0 Å². The van der Waals surface area contributed by atoms with E-state index in [1.807, 2.05) is 4.90 Å². The number of carboxylic acid groups (broad SMARTS) is 1. The molecule has 2 heterocycles. The van der Waals surface area contributed by atoms with Gasteiger partial charge in [-0.3, -0.25) is 4.79 Å². The van der Waals surface area contributed by atoms with Crippen molar-refractivity contribution in [3.05, 3.63) is 17.8 Å². The normalized spacial score (nSPS) is 21.9. The molecule has 2 atom stereocenters. The maximum absolute atomic E-state index is 12.9. The van der Waals surface area contributed by atoms with Crippen LogP contribution in [0, 0.1) is 11.8 Å². The summed E-state index contributed by atoms with van der Waals surface area (Å²) >= 11 is 0. The van der Waals surface area contributed by atoms with Crippen LogP contribution in [0.2, 0.25) is 0 Å². The molecule has 0 radical (unpaired) electrons. The van der Waals surface area contributed by atoms with Gasteiger partial charge in [0.05, 0.1) is 22.1 Å². The van der Waals surface area contributed by atoms with E-state index in [4.69, 9.17) is 12.2 Å². The van der Waals surface area contributed by atoms with Gasteiger partial charge in [-0.25, -0.2) is 14.2 Å². The summed E-state index contributed by atoms with van der Waals surface area (Å²) in [6.07, 6.45) is 1.23. The van der Waals surface area contributed by atoms with Gasteiger partial charge in [0, 0.05) is 20.2 Å². The van der Waals surface area contributed by atoms with E-state index in [-0.39, 0.29) is 55.6 Å². The number of pyridine rings is 1. The van der Waals surface area contributed by atoms with Gasteiger partial charge in [0.1, 0.15) is 16.9 Å². The van der Waals surface area contributed by atoms with Crippen molar-refractivity contribution in [1.29, 1.82) is 0 Å². The van der Waals surface area contributed by atoms with Crippen LogP contribution in [0.4, 0.5) is 10.1 Å². The fourth-order valence-corrected chi connectivity index (χ4v) is 3.80. The Morgan fingerprint density at radius 3 is 2.59 bits per heavy atom. The summed E-state index contributed by atoms with van der Waals surface area (Å²) in [6.45, 7) is 1.71. The minimum absolute atomic E-state index is 0.0204. The molecule has 1 saturated heterocycles. The van der Waals surface area contributed by atoms with E-state index in [1.54, 1.807) is 27.0 Å². The first-order valence-electron chi connectivity index (χ1n) is 11.8. The molecule has 0 unspecified atom stereocenters. The number of amides is 1. The molecule has 0 spiro atoms. The Hall–Kier alpha value is -2.46. The Morgan fingerprint density at radius 2 is 2.00 bits per heavy atom. The maximum atomic E-state index is 12.9. The number of aromatic nitrogens is 1. The van der Waals surface area contributed by atoms with Crippen molar-refractivity contribution in [2.24, 2.45) is 11.8 Å². The van der Waals surface area contributed by atoms with E-state index in [9.17, 15) is 19.1 Å². The van der Waals surface area contributed by atoms with Crippen LogP contribution in [0.5, 0.6) is 5.88 Å². The zero-order valence-corrected chi connectivity index (χ0v) is 18.6. The second-order valence-corrected chi connectivity index (χ2v) is 8.29. The minimum Gasteiger partial charge on any atom is -0.480 e. The fourth-order valence-electron chi connectivity index (χ4n) is 3.80.